The quantitative estimate of drug-likeness (QED) is 0.295. The molecule has 1 saturated heterocycles. The molecule has 2 aliphatic rings. The number of hydrogen-bond acceptors (Lipinski definition) is 5. The summed E-state index contributed by atoms with van der Waals surface area (Å²) in [7, 11) is -3.32. The molecule has 11 heteroatoms. The number of nitrogens with one attached hydrogen (secondary N) is 1. The standard InChI is InChI=1S/C29H33BrClN5O3S/c1-40(38,39)35-13-10-28-26(18-35)29(20-2-4-21(30)5-3-20)33-36(28)17-23(37)16-34-11-8-19(9-12-34)25-15-32-27-7-6-22(31)14-24(25)27/h2-7,14-15,19,23,32,37H,8-13,16-18H2,1H3. The van der Waals surface area contributed by atoms with Crippen molar-refractivity contribution in [3.8, 4) is 11.3 Å². The molecule has 4 aromatic rings. The molecular weight excluding hydrogens is 614 g/mol. The van der Waals surface area contributed by atoms with Crippen molar-refractivity contribution in [1.29, 1.82) is 0 Å². The number of aromatic nitrogens is 3. The molecule has 1 fully saturated rings. The summed E-state index contributed by atoms with van der Waals surface area (Å²) in [6.07, 6.45) is 5.40. The van der Waals surface area contributed by atoms with E-state index in [1.165, 1.54) is 21.5 Å². The Hall–Kier alpha value is -2.21. The van der Waals surface area contributed by atoms with Crippen molar-refractivity contribution >= 4 is 48.5 Å². The van der Waals surface area contributed by atoms with Gasteiger partial charge in [0.15, 0.2) is 0 Å². The highest BCUT2D eigenvalue weighted by molar-refractivity contribution is 9.10. The summed E-state index contributed by atoms with van der Waals surface area (Å²) in [5.41, 5.74) is 6.08. The average Bonchev–Trinajstić information content (AvgIpc) is 3.50. The normalized spacial score (nSPS) is 18.3. The van der Waals surface area contributed by atoms with E-state index in [1.54, 1.807) is 0 Å². The number of aliphatic hydroxyl groups excluding tert-OH is 1. The first-order valence-electron chi connectivity index (χ1n) is 13.6. The molecule has 2 aliphatic heterocycles. The zero-order valence-electron chi connectivity index (χ0n) is 22.4. The van der Waals surface area contributed by atoms with Crippen LogP contribution in [0, 0.1) is 0 Å². The van der Waals surface area contributed by atoms with Gasteiger partial charge in [-0.3, -0.25) is 4.68 Å². The van der Waals surface area contributed by atoms with Gasteiger partial charge in [0.25, 0.3) is 0 Å². The van der Waals surface area contributed by atoms with E-state index in [0.29, 0.717) is 38.5 Å². The maximum absolute atomic E-state index is 12.3. The van der Waals surface area contributed by atoms with Gasteiger partial charge in [0, 0.05) is 69.5 Å². The van der Waals surface area contributed by atoms with Crippen molar-refractivity contribution < 1.29 is 13.5 Å². The largest absolute Gasteiger partial charge is 0.390 e. The van der Waals surface area contributed by atoms with Crippen LogP contribution in [0.1, 0.15) is 35.6 Å². The maximum Gasteiger partial charge on any atom is 0.211 e. The Morgan fingerprint density at radius 3 is 2.60 bits per heavy atom. The Bertz CT molecular complexity index is 1630. The molecule has 2 aromatic heterocycles. The first-order chi connectivity index (χ1) is 19.2. The predicted octanol–water partition coefficient (Wildman–Crippen LogP) is 5.01. The highest BCUT2D eigenvalue weighted by atomic mass is 79.9. The van der Waals surface area contributed by atoms with Gasteiger partial charge in [0.1, 0.15) is 0 Å². The topological polar surface area (TPSA) is 94.5 Å². The van der Waals surface area contributed by atoms with Gasteiger partial charge in [-0.1, -0.05) is 39.7 Å². The number of likely N-dealkylation sites (tertiary alicyclic amines) is 1. The molecule has 2 aromatic carbocycles. The lowest BCUT2D eigenvalue weighted by atomic mass is 9.89. The van der Waals surface area contributed by atoms with Gasteiger partial charge in [-0.15, -0.1) is 0 Å². The number of rotatable bonds is 7. The van der Waals surface area contributed by atoms with E-state index in [4.69, 9.17) is 16.7 Å². The summed E-state index contributed by atoms with van der Waals surface area (Å²) in [6.45, 7) is 3.49. The summed E-state index contributed by atoms with van der Waals surface area (Å²) in [4.78, 5) is 5.71. The molecule has 0 spiro atoms. The molecule has 0 bridgehead atoms. The molecule has 4 heterocycles. The fourth-order valence-electron chi connectivity index (χ4n) is 6.17. The summed E-state index contributed by atoms with van der Waals surface area (Å²) < 4.78 is 29.0. The second kappa shape index (κ2) is 11.2. The fraction of sp³-hybridized carbons (Fsp3) is 0.414. The molecule has 1 unspecified atom stereocenters. The molecular formula is C29H33BrClN5O3S. The minimum atomic E-state index is -3.32. The number of benzene rings is 2. The highest BCUT2D eigenvalue weighted by Gasteiger charge is 2.31. The molecule has 6 rings (SSSR count). The molecule has 2 N–H and O–H groups in total. The third-order valence-corrected chi connectivity index (χ3v) is 10.3. The smallest absolute Gasteiger partial charge is 0.211 e. The van der Waals surface area contributed by atoms with Crippen LogP contribution in [0.5, 0.6) is 0 Å². The lowest BCUT2D eigenvalue weighted by Crippen LogP contribution is -2.40. The van der Waals surface area contributed by atoms with Crippen molar-refractivity contribution in [1.82, 2.24) is 24.0 Å². The molecule has 0 aliphatic carbocycles. The van der Waals surface area contributed by atoms with E-state index in [1.807, 2.05) is 47.1 Å². The fourth-order valence-corrected chi connectivity index (χ4v) is 7.40. The van der Waals surface area contributed by atoms with Crippen molar-refractivity contribution in [3.05, 3.63) is 75.0 Å². The van der Waals surface area contributed by atoms with Crippen molar-refractivity contribution in [2.24, 2.45) is 0 Å². The van der Waals surface area contributed by atoms with Gasteiger partial charge >= 0.3 is 0 Å². The number of fused-ring (bicyclic) bond motifs is 2. The van der Waals surface area contributed by atoms with Gasteiger partial charge in [-0.05, 0) is 67.7 Å². The molecule has 0 radical (unpaired) electrons. The molecule has 0 amide bonds. The Labute approximate surface area is 248 Å². The van der Waals surface area contributed by atoms with Crippen LogP contribution in [-0.4, -0.2) is 76.0 Å². The van der Waals surface area contributed by atoms with Crippen LogP contribution in [0.15, 0.2) is 53.1 Å². The number of aromatic amines is 1. The van der Waals surface area contributed by atoms with E-state index < -0.39 is 16.1 Å². The van der Waals surface area contributed by atoms with Gasteiger partial charge in [0.05, 0.1) is 24.6 Å². The van der Waals surface area contributed by atoms with Crippen LogP contribution < -0.4 is 0 Å². The zero-order chi connectivity index (χ0) is 28.0. The lowest BCUT2D eigenvalue weighted by molar-refractivity contribution is 0.0815. The van der Waals surface area contributed by atoms with Gasteiger partial charge in [-0.2, -0.15) is 9.40 Å². The molecule has 212 valence electrons. The van der Waals surface area contributed by atoms with Crippen LogP contribution in [0.4, 0.5) is 0 Å². The van der Waals surface area contributed by atoms with E-state index in [2.05, 4.69) is 32.0 Å². The Balaban J connectivity index is 1.15. The Kier molecular flexibility index (Phi) is 7.84. The van der Waals surface area contributed by atoms with E-state index >= 15 is 0 Å². The van der Waals surface area contributed by atoms with Crippen molar-refractivity contribution in [3.63, 3.8) is 0 Å². The number of β-amino-alcohol motifs (C(OH)–C–C–N with tert-alkyl or cyclic N) is 1. The molecule has 40 heavy (non-hydrogen) atoms. The van der Waals surface area contributed by atoms with Crippen LogP contribution in [0.2, 0.25) is 5.02 Å². The third kappa shape index (κ3) is 5.75. The number of halogens is 2. The summed E-state index contributed by atoms with van der Waals surface area (Å²) in [5, 5.41) is 18.0. The predicted molar refractivity (Wildman–Crippen MR) is 162 cm³/mol. The van der Waals surface area contributed by atoms with E-state index in [-0.39, 0.29) is 0 Å². The van der Waals surface area contributed by atoms with Crippen LogP contribution >= 0.6 is 27.5 Å². The number of nitrogens with zero attached hydrogens (tertiary/aromatic N) is 4. The molecule has 1 atom stereocenters. The van der Waals surface area contributed by atoms with Crippen LogP contribution in [-0.2, 0) is 29.5 Å². The minimum Gasteiger partial charge on any atom is -0.390 e. The van der Waals surface area contributed by atoms with Gasteiger partial charge in [-0.25, -0.2) is 8.42 Å². The summed E-state index contributed by atoms with van der Waals surface area (Å²) in [5.74, 6) is 0.463. The lowest BCUT2D eigenvalue weighted by Gasteiger charge is -2.33. The van der Waals surface area contributed by atoms with Gasteiger partial charge < -0.3 is 15.0 Å². The van der Waals surface area contributed by atoms with Crippen LogP contribution in [0.3, 0.4) is 0 Å². The average molecular weight is 647 g/mol. The molecule has 0 saturated carbocycles. The second-order valence-electron chi connectivity index (χ2n) is 11.0. The number of sulfonamides is 1. The number of piperidine rings is 1. The first-order valence-corrected chi connectivity index (χ1v) is 16.6. The summed E-state index contributed by atoms with van der Waals surface area (Å²) >= 11 is 9.74. The van der Waals surface area contributed by atoms with Gasteiger partial charge in [0.2, 0.25) is 10.0 Å². The maximum atomic E-state index is 12.3. The number of hydrogen-bond donors (Lipinski definition) is 2. The van der Waals surface area contributed by atoms with Crippen molar-refractivity contribution in [2.75, 3.05) is 32.4 Å². The third-order valence-electron chi connectivity index (χ3n) is 8.24. The van der Waals surface area contributed by atoms with E-state index in [9.17, 15) is 13.5 Å². The van der Waals surface area contributed by atoms with E-state index in [0.717, 1.165) is 63.5 Å². The summed E-state index contributed by atoms with van der Waals surface area (Å²) in [6, 6.07) is 13.9. The SMILES string of the molecule is CS(=O)(=O)N1CCc2c(c(-c3ccc(Br)cc3)nn2CC(O)CN2CCC(c3c[nH]c4ccc(Cl)cc34)CC2)C1. The van der Waals surface area contributed by atoms with Crippen LogP contribution in [0.25, 0.3) is 22.2 Å². The Morgan fingerprint density at radius 1 is 1.12 bits per heavy atom. The molecule has 8 nitrogen and oxygen atoms in total. The van der Waals surface area contributed by atoms with Crippen molar-refractivity contribution in [2.45, 2.75) is 44.4 Å². The minimum absolute atomic E-state index is 0.294. The Morgan fingerprint density at radius 2 is 1.88 bits per heavy atom. The highest BCUT2D eigenvalue weighted by Crippen LogP contribution is 2.35. The zero-order valence-corrected chi connectivity index (χ0v) is 25.5. The monoisotopic (exact) mass is 645 g/mol. The second-order valence-corrected chi connectivity index (χ2v) is 14.3. The first kappa shape index (κ1) is 27.9. The number of H-pyrrole nitrogens is 1. The number of aliphatic hydroxyl groups is 1.